The summed E-state index contributed by atoms with van der Waals surface area (Å²) < 4.78 is 16.9. The van der Waals surface area contributed by atoms with E-state index >= 15 is 0 Å². The van der Waals surface area contributed by atoms with Gasteiger partial charge in [0.15, 0.2) is 0 Å². The molecule has 1 fully saturated rings. The number of benzene rings is 2. The molecule has 0 aliphatic carbocycles. The second-order valence-corrected chi connectivity index (χ2v) is 14.9. The Balaban J connectivity index is 1.16. The standard InChI is InChI=1S/C38H53N5O7S/c1-25(39)28-12-14-31(15-13-28)50-19-7-17-48-16-6-18-49-23-33(45)42-35(38(3,4)5)37(47)43-22-30(44)20-32(43)36(46)40-21-27-8-10-29(11-9-27)34-26(2)41-24-51-34/h8-15,24-25,30,32,35,44H,6-7,16-23,39H2,1-5H3,(H,40,46)(H,42,45)/t25-,30+,32-,35+/m0/s1. The van der Waals surface area contributed by atoms with Crippen LogP contribution in [0.3, 0.4) is 0 Å². The highest BCUT2D eigenvalue weighted by Gasteiger charge is 2.44. The highest BCUT2D eigenvalue weighted by Crippen LogP contribution is 2.28. The van der Waals surface area contributed by atoms with Crippen LogP contribution in [-0.4, -0.2) is 90.5 Å². The summed E-state index contributed by atoms with van der Waals surface area (Å²) in [4.78, 5) is 46.8. The average molecular weight is 724 g/mol. The molecule has 0 unspecified atom stereocenters. The molecule has 1 aliphatic rings. The number of nitrogens with one attached hydrogen (secondary N) is 2. The Hall–Kier alpha value is -3.88. The summed E-state index contributed by atoms with van der Waals surface area (Å²) in [6.45, 7) is 11.4. The van der Waals surface area contributed by atoms with Crippen LogP contribution in [0.15, 0.2) is 54.0 Å². The summed E-state index contributed by atoms with van der Waals surface area (Å²) in [6.07, 6.45) is 0.609. The molecule has 0 saturated carbocycles. The van der Waals surface area contributed by atoms with Crippen LogP contribution in [-0.2, 0) is 30.4 Å². The van der Waals surface area contributed by atoms with E-state index in [1.807, 2.05) is 88.7 Å². The highest BCUT2D eigenvalue weighted by molar-refractivity contribution is 7.13. The maximum atomic E-state index is 13.8. The van der Waals surface area contributed by atoms with Crippen LogP contribution in [0.5, 0.6) is 5.75 Å². The van der Waals surface area contributed by atoms with E-state index < -0.39 is 35.4 Å². The van der Waals surface area contributed by atoms with Crippen molar-refractivity contribution < 1.29 is 33.7 Å². The molecule has 1 saturated heterocycles. The number of hydrogen-bond donors (Lipinski definition) is 4. The first kappa shape index (κ1) is 39.9. The minimum atomic E-state index is -0.926. The van der Waals surface area contributed by atoms with Crippen LogP contribution in [0, 0.1) is 12.3 Å². The van der Waals surface area contributed by atoms with Crippen molar-refractivity contribution in [3.05, 3.63) is 70.9 Å². The molecular weight excluding hydrogens is 671 g/mol. The Morgan fingerprint density at radius 3 is 2.31 bits per heavy atom. The molecule has 4 rings (SSSR count). The number of nitrogens with zero attached hydrogens (tertiary/aromatic N) is 2. The molecule has 13 heteroatoms. The lowest BCUT2D eigenvalue weighted by Crippen LogP contribution is -2.58. The molecule has 5 N–H and O–H groups in total. The van der Waals surface area contributed by atoms with Gasteiger partial charge >= 0.3 is 0 Å². The highest BCUT2D eigenvalue weighted by atomic mass is 32.1. The number of thiazole rings is 1. The van der Waals surface area contributed by atoms with Gasteiger partial charge in [-0.15, -0.1) is 11.3 Å². The third kappa shape index (κ3) is 12.1. The Morgan fingerprint density at radius 2 is 1.69 bits per heavy atom. The van der Waals surface area contributed by atoms with Crippen LogP contribution in [0.4, 0.5) is 0 Å². The second kappa shape index (κ2) is 19.1. The third-order valence-electron chi connectivity index (χ3n) is 8.63. The summed E-state index contributed by atoms with van der Waals surface area (Å²) >= 11 is 1.58. The number of hydrogen-bond acceptors (Lipinski definition) is 10. The molecular formula is C38H53N5O7S. The van der Waals surface area contributed by atoms with Gasteiger partial charge in [0, 0.05) is 51.8 Å². The zero-order valence-corrected chi connectivity index (χ0v) is 31.2. The number of β-amino-alcohol motifs (C(OH)–C–C–N with tert-alkyl or cyclic N) is 1. The van der Waals surface area contributed by atoms with Gasteiger partial charge < -0.3 is 40.6 Å². The van der Waals surface area contributed by atoms with Crippen LogP contribution in [0.1, 0.15) is 69.8 Å². The number of aromatic nitrogens is 1. The molecule has 0 bridgehead atoms. The largest absolute Gasteiger partial charge is 0.494 e. The zero-order chi connectivity index (χ0) is 37.0. The molecule has 3 amide bonds. The minimum Gasteiger partial charge on any atom is -0.494 e. The molecule has 3 aromatic rings. The first-order chi connectivity index (χ1) is 24.3. The maximum absolute atomic E-state index is 13.8. The molecule has 51 heavy (non-hydrogen) atoms. The van der Waals surface area contributed by atoms with Crippen molar-refractivity contribution in [3.8, 4) is 16.2 Å². The predicted octanol–water partition coefficient (Wildman–Crippen LogP) is 4.14. The third-order valence-corrected chi connectivity index (χ3v) is 9.61. The molecule has 1 aromatic heterocycles. The Morgan fingerprint density at radius 1 is 1.02 bits per heavy atom. The number of carbonyl (C=O) groups excluding carboxylic acids is 3. The van der Waals surface area contributed by atoms with Crippen molar-refractivity contribution in [1.29, 1.82) is 0 Å². The van der Waals surface area contributed by atoms with E-state index in [2.05, 4.69) is 15.6 Å². The molecule has 0 spiro atoms. The number of aliphatic hydroxyl groups excluding tert-OH is 1. The summed E-state index contributed by atoms with van der Waals surface area (Å²) in [5.74, 6) is -0.419. The van der Waals surface area contributed by atoms with Gasteiger partial charge in [0.05, 0.1) is 28.8 Å². The van der Waals surface area contributed by atoms with Crippen molar-refractivity contribution in [2.75, 3.05) is 39.6 Å². The fraction of sp³-hybridized carbons (Fsp3) is 0.526. The Labute approximate surface area is 305 Å². The van der Waals surface area contributed by atoms with Crippen LogP contribution >= 0.6 is 11.3 Å². The van der Waals surface area contributed by atoms with Crippen molar-refractivity contribution in [2.24, 2.45) is 11.1 Å². The smallest absolute Gasteiger partial charge is 0.246 e. The van der Waals surface area contributed by atoms with Crippen molar-refractivity contribution >= 4 is 29.1 Å². The number of likely N-dealkylation sites (tertiary alicyclic amines) is 1. The number of ether oxygens (including phenoxy) is 3. The number of rotatable bonds is 18. The molecule has 4 atom stereocenters. The maximum Gasteiger partial charge on any atom is 0.246 e. The summed E-state index contributed by atoms with van der Waals surface area (Å²) in [6, 6.07) is 13.8. The number of aryl methyl sites for hydroxylation is 1. The lowest BCUT2D eigenvalue weighted by Gasteiger charge is -2.35. The number of nitrogens with two attached hydrogens (primary N) is 1. The fourth-order valence-electron chi connectivity index (χ4n) is 5.73. The van der Waals surface area contributed by atoms with Crippen molar-refractivity contribution in [1.82, 2.24) is 20.5 Å². The van der Waals surface area contributed by atoms with E-state index in [-0.39, 0.29) is 38.1 Å². The average Bonchev–Trinajstić information content (AvgIpc) is 3.71. The molecule has 12 nitrogen and oxygen atoms in total. The lowest BCUT2D eigenvalue weighted by molar-refractivity contribution is -0.144. The van der Waals surface area contributed by atoms with Gasteiger partial charge in [0.25, 0.3) is 0 Å². The van der Waals surface area contributed by atoms with Crippen LogP contribution in [0.2, 0.25) is 0 Å². The monoisotopic (exact) mass is 723 g/mol. The Bertz CT molecular complexity index is 1560. The molecule has 2 heterocycles. The van der Waals surface area contributed by atoms with Gasteiger partial charge in [-0.25, -0.2) is 4.98 Å². The zero-order valence-electron chi connectivity index (χ0n) is 30.4. The van der Waals surface area contributed by atoms with E-state index in [0.717, 1.165) is 39.4 Å². The minimum absolute atomic E-state index is 0.00607. The number of amides is 3. The first-order valence-electron chi connectivity index (χ1n) is 17.5. The second-order valence-electron chi connectivity index (χ2n) is 14.0. The van der Waals surface area contributed by atoms with Gasteiger partial charge in [-0.2, -0.15) is 0 Å². The van der Waals surface area contributed by atoms with E-state index in [4.69, 9.17) is 19.9 Å². The molecule has 278 valence electrons. The predicted molar refractivity (Wildman–Crippen MR) is 197 cm³/mol. The fourth-order valence-corrected chi connectivity index (χ4v) is 6.54. The van der Waals surface area contributed by atoms with Gasteiger partial charge in [-0.1, -0.05) is 57.2 Å². The molecule has 1 aliphatic heterocycles. The van der Waals surface area contributed by atoms with E-state index in [1.54, 1.807) is 11.3 Å². The van der Waals surface area contributed by atoms with Gasteiger partial charge in [-0.3, -0.25) is 14.4 Å². The Kier molecular flexibility index (Phi) is 14.9. The summed E-state index contributed by atoms with van der Waals surface area (Å²) in [5, 5.41) is 16.2. The summed E-state index contributed by atoms with van der Waals surface area (Å²) in [5.41, 5.74) is 11.0. The molecule has 0 radical (unpaired) electrons. The first-order valence-corrected chi connectivity index (χ1v) is 18.4. The van der Waals surface area contributed by atoms with E-state index in [0.29, 0.717) is 32.8 Å². The van der Waals surface area contributed by atoms with Crippen LogP contribution < -0.4 is 21.1 Å². The number of aliphatic hydroxyl groups is 1. The topological polar surface area (TPSA) is 165 Å². The van der Waals surface area contributed by atoms with Gasteiger partial charge in [-0.05, 0) is 54.5 Å². The van der Waals surface area contributed by atoms with Crippen molar-refractivity contribution in [2.45, 2.75) is 84.7 Å². The van der Waals surface area contributed by atoms with Gasteiger partial charge in [0.2, 0.25) is 17.7 Å². The number of carbonyl (C=O) groups is 3. The van der Waals surface area contributed by atoms with Crippen molar-refractivity contribution in [3.63, 3.8) is 0 Å². The van der Waals surface area contributed by atoms with Crippen LogP contribution in [0.25, 0.3) is 10.4 Å². The summed E-state index contributed by atoms with van der Waals surface area (Å²) in [7, 11) is 0. The quantitative estimate of drug-likeness (QED) is 0.141. The lowest BCUT2D eigenvalue weighted by atomic mass is 9.85. The van der Waals surface area contributed by atoms with E-state index in [1.165, 1.54) is 4.90 Å². The molecule has 2 aromatic carbocycles. The normalized spacial score (nSPS) is 17.2. The van der Waals surface area contributed by atoms with E-state index in [9.17, 15) is 19.5 Å². The SMILES string of the molecule is Cc1ncsc1-c1ccc(CNC(=O)[C@@H]2C[C@@H](O)CN2C(=O)[C@@H](NC(=O)COCCCOCCCOc2ccc([C@H](C)N)cc2)C(C)(C)C)cc1. The van der Waals surface area contributed by atoms with Gasteiger partial charge in [0.1, 0.15) is 24.4 Å².